The molecule has 0 aromatic carbocycles. The van der Waals surface area contributed by atoms with Crippen molar-refractivity contribution in [3.05, 3.63) is 0 Å². The molecule has 0 amide bonds. The van der Waals surface area contributed by atoms with E-state index in [1.807, 2.05) is 0 Å². The van der Waals surface area contributed by atoms with E-state index in [0.29, 0.717) is 0 Å². The molecular formula is C6H9NaO6. The number of carbonyl (C=O) groups is 4. The Kier molecular flexibility index (Phi) is 13.1. The maximum atomic E-state index is 9.54. The zero-order chi connectivity index (χ0) is 10.3. The van der Waals surface area contributed by atoms with E-state index in [2.05, 4.69) is 0 Å². The molecule has 0 aromatic rings. The van der Waals surface area contributed by atoms with Gasteiger partial charge in [0.25, 0.3) is 0 Å². The van der Waals surface area contributed by atoms with Crippen molar-refractivity contribution >= 4 is 53.1 Å². The number of rotatable bonds is 2. The van der Waals surface area contributed by atoms with Crippen molar-refractivity contribution in [2.24, 2.45) is 0 Å². The van der Waals surface area contributed by atoms with Crippen molar-refractivity contribution in [3.63, 3.8) is 0 Å². The summed E-state index contributed by atoms with van der Waals surface area (Å²) in [5.41, 5.74) is 0. The molecule has 0 rings (SSSR count). The molecule has 0 saturated heterocycles. The summed E-state index contributed by atoms with van der Waals surface area (Å²) in [6.45, 7) is 2.00. The van der Waals surface area contributed by atoms with Crippen LogP contribution in [0.4, 0.5) is 0 Å². The van der Waals surface area contributed by atoms with Crippen LogP contribution in [-0.4, -0.2) is 63.3 Å². The third-order valence-electron chi connectivity index (χ3n) is 0.602. The predicted molar refractivity (Wildman–Crippen MR) is 43.8 cm³/mol. The molecule has 0 heterocycles. The van der Waals surface area contributed by atoms with Crippen molar-refractivity contribution in [1.82, 2.24) is 0 Å². The summed E-state index contributed by atoms with van der Waals surface area (Å²) >= 11 is 0. The second kappa shape index (κ2) is 9.37. The van der Waals surface area contributed by atoms with Crippen molar-refractivity contribution in [2.45, 2.75) is 13.8 Å². The first-order chi connectivity index (χ1) is 5.29. The van der Waals surface area contributed by atoms with E-state index in [1.54, 1.807) is 0 Å². The molecule has 0 aliphatic rings. The van der Waals surface area contributed by atoms with Gasteiger partial charge < -0.3 is 10.2 Å². The second-order valence-corrected chi connectivity index (χ2v) is 1.72. The first-order valence-electron chi connectivity index (χ1n) is 2.76. The van der Waals surface area contributed by atoms with Gasteiger partial charge >= 0.3 is 41.5 Å². The van der Waals surface area contributed by atoms with Crippen LogP contribution in [0.5, 0.6) is 0 Å². The molecule has 0 aromatic heterocycles. The fraction of sp³-hybridized carbons (Fsp3) is 0.333. The Bertz CT molecular complexity index is 173. The van der Waals surface area contributed by atoms with Crippen molar-refractivity contribution in [1.29, 1.82) is 0 Å². The Balaban J connectivity index is -0.000000143. The number of hydrogen-bond acceptors (Lipinski definition) is 4. The summed E-state index contributed by atoms with van der Waals surface area (Å²) in [5, 5.41) is 15.3. The number of carboxylic acids is 2. The quantitative estimate of drug-likeness (QED) is 0.422. The van der Waals surface area contributed by atoms with Crippen molar-refractivity contribution in [3.8, 4) is 0 Å². The first-order valence-corrected chi connectivity index (χ1v) is 2.76. The van der Waals surface area contributed by atoms with Gasteiger partial charge in [-0.25, -0.2) is 9.59 Å². The van der Waals surface area contributed by atoms with Crippen LogP contribution in [0.1, 0.15) is 13.8 Å². The van der Waals surface area contributed by atoms with Gasteiger partial charge in [0.05, 0.1) is 0 Å². The van der Waals surface area contributed by atoms with E-state index < -0.39 is 23.5 Å². The van der Waals surface area contributed by atoms with Crippen LogP contribution in [0.15, 0.2) is 0 Å². The molecule has 0 bridgehead atoms. The van der Waals surface area contributed by atoms with Gasteiger partial charge in [0.2, 0.25) is 11.6 Å². The molecule has 0 aliphatic carbocycles. The zero-order valence-corrected chi connectivity index (χ0v) is 6.53. The van der Waals surface area contributed by atoms with Gasteiger partial charge in [-0.3, -0.25) is 9.59 Å². The predicted octanol–water partition coefficient (Wildman–Crippen LogP) is -1.33. The number of hydrogen-bond donors (Lipinski definition) is 2. The summed E-state index contributed by atoms with van der Waals surface area (Å²) < 4.78 is 0. The Hall–Kier alpha value is -0.720. The fourth-order valence-electron chi connectivity index (χ4n) is 0. The summed E-state index contributed by atoms with van der Waals surface area (Å²) in [5.74, 6) is -4.41. The SMILES string of the molecule is CC(=O)C(=O)O.CC(=O)C(=O)O.[NaH]. The first kappa shape index (κ1) is 18.1. The summed E-state index contributed by atoms with van der Waals surface area (Å²) in [6.07, 6.45) is 0. The molecule has 0 unspecified atom stereocenters. The monoisotopic (exact) mass is 200 g/mol. The van der Waals surface area contributed by atoms with E-state index in [-0.39, 0.29) is 29.6 Å². The average Bonchev–Trinajstić information content (AvgIpc) is 1.88. The Morgan fingerprint density at radius 2 is 0.846 bits per heavy atom. The molecular weight excluding hydrogens is 191 g/mol. The third kappa shape index (κ3) is 18.3. The van der Waals surface area contributed by atoms with Gasteiger partial charge in [0.1, 0.15) is 0 Å². The van der Waals surface area contributed by atoms with Crippen molar-refractivity contribution in [2.75, 3.05) is 0 Å². The van der Waals surface area contributed by atoms with Gasteiger partial charge in [0.15, 0.2) is 0 Å². The third-order valence-corrected chi connectivity index (χ3v) is 0.602. The van der Waals surface area contributed by atoms with Crippen LogP contribution in [0.25, 0.3) is 0 Å². The summed E-state index contributed by atoms with van der Waals surface area (Å²) in [6, 6.07) is 0. The average molecular weight is 200 g/mol. The molecule has 2 N–H and O–H groups in total. The summed E-state index contributed by atoms with van der Waals surface area (Å²) in [7, 11) is 0. The van der Waals surface area contributed by atoms with E-state index in [1.165, 1.54) is 0 Å². The minimum atomic E-state index is -1.38. The normalized spacial score (nSPS) is 6.92. The summed E-state index contributed by atoms with van der Waals surface area (Å²) in [4.78, 5) is 37.8. The molecule has 7 heteroatoms. The van der Waals surface area contributed by atoms with E-state index >= 15 is 0 Å². The zero-order valence-electron chi connectivity index (χ0n) is 6.53. The van der Waals surface area contributed by atoms with E-state index in [0.717, 1.165) is 13.8 Å². The Morgan fingerprint density at radius 1 is 0.769 bits per heavy atom. The number of Topliss-reactive ketones (excluding diaryl/α,β-unsaturated/α-hetero) is 2. The Morgan fingerprint density at radius 3 is 0.846 bits per heavy atom. The number of carboxylic acid groups (broad SMARTS) is 2. The molecule has 0 spiro atoms. The van der Waals surface area contributed by atoms with Crippen molar-refractivity contribution < 1.29 is 29.4 Å². The number of carbonyl (C=O) groups excluding carboxylic acids is 2. The van der Waals surface area contributed by atoms with Crippen LogP contribution in [0.3, 0.4) is 0 Å². The van der Waals surface area contributed by atoms with Gasteiger partial charge in [-0.1, -0.05) is 0 Å². The molecule has 6 nitrogen and oxygen atoms in total. The minimum absolute atomic E-state index is 0. The van der Waals surface area contributed by atoms with Crippen LogP contribution >= 0.6 is 0 Å². The van der Waals surface area contributed by atoms with Gasteiger partial charge in [-0.05, 0) is 0 Å². The molecule has 13 heavy (non-hydrogen) atoms. The molecule has 0 saturated carbocycles. The van der Waals surface area contributed by atoms with Gasteiger partial charge in [-0.15, -0.1) is 0 Å². The van der Waals surface area contributed by atoms with E-state index in [9.17, 15) is 19.2 Å². The van der Waals surface area contributed by atoms with Gasteiger partial charge in [-0.2, -0.15) is 0 Å². The fourth-order valence-corrected chi connectivity index (χ4v) is 0. The van der Waals surface area contributed by atoms with Crippen LogP contribution in [0, 0.1) is 0 Å². The van der Waals surface area contributed by atoms with Crippen LogP contribution in [0.2, 0.25) is 0 Å². The van der Waals surface area contributed by atoms with Crippen LogP contribution < -0.4 is 0 Å². The number of aliphatic carboxylic acids is 2. The second-order valence-electron chi connectivity index (χ2n) is 1.72. The van der Waals surface area contributed by atoms with E-state index in [4.69, 9.17) is 10.2 Å². The molecule has 0 radical (unpaired) electrons. The molecule has 0 aliphatic heterocycles. The Labute approximate surface area is 96.2 Å². The maximum absolute atomic E-state index is 9.54. The molecule has 0 atom stereocenters. The standard InChI is InChI=1S/2C3H4O3.Na.H/c2*1-2(4)3(5)6;;/h2*1H3,(H,5,6);;. The van der Waals surface area contributed by atoms with Crippen LogP contribution in [-0.2, 0) is 19.2 Å². The van der Waals surface area contributed by atoms with Gasteiger partial charge in [0, 0.05) is 13.8 Å². The molecule has 70 valence electrons. The molecule has 0 fully saturated rings. The number of ketones is 2. The topological polar surface area (TPSA) is 109 Å².